The zero-order valence-electron chi connectivity index (χ0n) is 13.0. The summed E-state index contributed by atoms with van der Waals surface area (Å²) >= 11 is 7.48. The molecule has 0 unspecified atom stereocenters. The van der Waals surface area contributed by atoms with Gasteiger partial charge in [-0.3, -0.25) is 21.4 Å². The van der Waals surface area contributed by atoms with Crippen LogP contribution >= 0.6 is 0 Å². The predicted molar refractivity (Wildman–Crippen MR) is 112 cm³/mol. The van der Waals surface area contributed by atoms with Gasteiger partial charge < -0.3 is 21.1 Å². The molecule has 11 heteroatoms. The average molecular weight is 569 g/mol. The van der Waals surface area contributed by atoms with Crippen molar-refractivity contribution in [2.45, 2.75) is 0 Å². The normalized spacial score (nSPS) is 9.68. The molecule has 2 heterocycles. The van der Waals surface area contributed by atoms with Crippen LogP contribution in [0.1, 0.15) is 11.4 Å². The van der Waals surface area contributed by atoms with Crippen molar-refractivity contribution in [3.8, 4) is 0 Å². The number of aromatic nitrogens is 2. The SMILES string of the molecule is NC(=[SH+])[N-]N=Cc1ccccn1.NC(=[SH+])[N-]N=Cc1ccccn1.[Bi+3]. The van der Waals surface area contributed by atoms with Crippen molar-refractivity contribution in [1.82, 2.24) is 9.97 Å². The first-order chi connectivity index (χ1) is 11.6. The Morgan fingerprint density at radius 3 is 1.52 bits per heavy atom. The molecule has 0 saturated carbocycles. The van der Waals surface area contributed by atoms with Crippen LogP contribution in [-0.2, 0) is 24.4 Å². The van der Waals surface area contributed by atoms with Crippen molar-refractivity contribution in [3.05, 3.63) is 71.0 Å². The Morgan fingerprint density at radius 2 is 1.24 bits per heavy atom. The number of thiol groups is 2. The maximum absolute atomic E-state index is 5.14. The van der Waals surface area contributed by atoms with Gasteiger partial charge in [-0.1, -0.05) is 12.1 Å². The fraction of sp³-hybridized carbons (Fsp3) is 0. The fourth-order valence-corrected chi connectivity index (χ4v) is 1.30. The topological polar surface area (TPSA) is 131 Å². The Bertz CT molecular complexity index is 633. The summed E-state index contributed by atoms with van der Waals surface area (Å²) in [6, 6.07) is 11.0. The largest absolute Gasteiger partial charge is 3.00 e. The molecule has 25 heavy (non-hydrogen) atoms. The second-order valence-corrected chi connectivity index (χ2v) is 4.83. The van der Waals surface area contributed by atoms with E-state index in [1.807, 2.05) is 36.4 Å². The van der Waals surface area contributed by atoms with Crippen LogP contribution in [0.2, 0.25) is 0 Å². The number of nitrogens with zero attached hydrogens (tertiary/aromatic N) is 6. The molecule has 0 spiro atoms. The summed E-state index contributed by atoms with van der Waals surface area (Å²) in [6.07, 6.45) is 6.36. The van der Waals surface area contributed by atoms with E-state index in [9.17, 15) is 0 Å². The van der Waals surface area contributed by atoms with Gasteiger partial charge in [-0.15, -0.1) is 0 Å². The van der Waals surface area contributed by atoms with Gasteiger partial charge in [0.15, 0.2) is 34.7 Å². The Morgan fingerprint density at radius 1 is 0.840 bits per heavy atom. The average Bonchev–Trinajstić information content (AvgIpc) is 2.57. The molecule has 2 rings (SSSR count). The standard InChI is InChI=1S/2C7H8N4S.Bi/c2*8-7(12)11-10-5-6-3-1-2-4-9-6;/h2*1-5H,(H3,8,9,11,12);/q;;+3. The zero-order valence-corrected chi connectivity index (χ0v) is 18.2. The van der Waals surface area contributed by atoms with Crippen LogP contribution in [0.25, 0.3) is 10.9 Å². The molecule has 0 aliphatic carbocycles. The molecule has 126 valence electrons. The van der Waals surface area contributed by atoms with Gasteiger partial charge in [0.1, 0.15) is 0 Å². The Balaban J connectivity index is 0.000000443. The van der Waals surface area contributed by atoms with Crippen molar-refractivity contribution in [2.75, 3.05) is 0 Å². The summed E-state index contributed by atoms with van der Waals surface area (Å²) in [6.45, 7) is 0. The maximum atomic E-state index is 5.14. The van der Waals surface area contributed by atoms with E-state index in [1.54, 1.807) is 12.4 Å². The van der Waals surface area contributed by atoms with E-state index in [2.05, 4.69) is 55.5 Å². The second kappa shape index (κ2) is 14.6. The van der Waals surface area contributed by atoms with Crippen LogP contribution in [0, 0.1) is 0 Å². The molecule has 0 bridgehead atoms. The minimum atomic E-state index is 0. The third kappa shape index (κ3) is 13.2. The van der Waals surface area contributed by atoms with E-state index >= 15 is 0 Å². The van der Waals surface area contributed by atoms with Crippen molar-refractivity contribution in [2.24, 2.45) is 21.7 Å². The monoisotopic (exact) mass is 569 g/mol. The van der Waals surface area contributed by atoms with Gasteiger partial charge in [0.05, 0.1) is 11.4 Å². The summed E-state index contributed by atoms with van der Waals surface area (Å²) in [5.41, 5.74) is 18.8. The molecular weight excluding hydrogens is 553 g/mol. The number of hydrogen-bond donors (Lipinski definition) is 2. The first-order valence-electron chi connectivity index (χ1n) is 6.51. The molecule has 0 amide bonds. The third-order valence-corrected chi connectivity index (χ3v) is 2.25. The van der Waals surface area contributed by atoms with Crippen LogP contribution in [0.5, 0.6) is 0 Å². The van der Waals surface area contributed by atoms with Crippen LogP contribution in [0.15, 0.2) is 59.0 Å². The minimum Gasteiger partial charge on any atom is -0.515 e. The molecule has 0 saturated heterocycles. The summed E-state index contributed by atoms with van der Waals surface area (Å²) in [5.74, 6) is 0. The first kappa shape index (κ1) is 23.2. The quantitative estimate of drug-likeness (QED) is 0.132. The Hall–Kier alpha value is -1.78. The van der Waals surface area contributed by atoms with Crippen LogP contribution in [-0.4, -0.2) is 58.8 Å². The summed E-state index contributed by atoms with van der Waals surface area (Å²) in [5, 5.41) is 7.53. The third-order valence-electron chi connectivity index (χ3n) is 2.08. The number of rotatable bonds is 4. The smallest absolute Gasteiger partial charge is 0.515 e. The van der Waals surface area contributed by atoms with E-state index in [-0.39, 0.29) is 36.4 Å². The Labute approximate surface area is 175 Å². The van der Waals surface area contributed by atoms with Gasteiger partial charge in [-0.25, -0.2) is 0 Å². The molecule has 2 radical (unpaired) electrons. The molecular formula is C14H16BiN8S2+3. The molecule has 2 aromatic rings. The molecule has 0 aliphatic heterocycles. The predicted octanol–water partition coefficient (Wildman–Crippen LogP) is -0.152. The van der Waals surface area contributed by atoms with Crippen molar-refractivity contribution < 1.29 is 0 Å². The van der Waals surface area contributed by atoms with E-state index in [4.69, 9.17) is 11.5 Å². The van der Waals surface area contributed by atoms with Gasteiger partial charge in [-0.2, -0.15) is 0 Å². The first-order valence-corrected chi connectivity index (χ1v) is 7.40. The van der Waals surface area contributed by atoms with Crippen LogP contribution in [0.4, 0.5) is 0 Å². The van der Waals surface area contributed by atoms with Crippen molar-refractivity contribution in [1.29, 1.82) is 0 Å². The van der Waals surface area contributed by atoms with Crippen molar-refractivity contribution >= 4 is 73.3 Å². The molecule has 0 aromatic carbocycles. The molecule has 0 fully saturated rings. The molecule has 2 aromatic heterocycles. The maximum Gasteiger partial charge on any atom is 3.00 e. The Kier molecular flexibility index (Phi) is 13.5. The number of hydrogen-bond acceptors (Lipinski definition) is 4. The van der Waals surface area contributed by atoms with E-state index in [0.717, 1.165) is 11.4 Å². The summed E-state index contributed by atoms with van der Waals surface area (Å²) in [4.78, 5) is 7.98. The molecule has 0 aliphatic rings. The molecule has 0 atom stereocenters. The van der Waals surface area contributed by atoms with Crippen LogP contribution < -0.4 is 11.5 Å². The molecule has 8 nitrogen and oxygen atoms in total. The number of nitrogens with two attached hydrogens (primary N) is 2. The van der Waals surface area contributed by atoms with Gasteiger partial charge in [-0.05, 0) is 24.3 Å². The van der Waals surface area contributed by atoms with Gasteiger partial charge in [0, 0.05) is 24.8 Å². The minimum absolute atomic E-state index is 0. The molecule has 4 N–H and O–H groups in total. The van der Waals surface area contributed by atoms with E-state index < -0.39 is 0 Å². The summed E-state index contributed by atoms with van der Waals surface area (Å²) < 4.78 is 0. The van der Waals surface area contributed by atoms with Gasteiger partial charge in [0.25, 0.3) is 0 Å². The van der Waals surface area contributed by atoms with E-state index in [1.165, 1.54) is 12.4 Å². The number of pyridine rings is 2. The van der Waals surface area contributed by atoms with E-state index in [0.29, 0.717) is 0 Å². The van der Waals surface area contributed by atoms with Gasteiger partial charge in [0.2, 0.25) is 0 Å². The fourth-order valence-electron chi connectivity index (χ4n) is 1.20. The zero-order chi connectivity index (χ0) is 17.6. The summed E-state index contributed by atoms with van der Waals surface area (Å²) in [7, 11) is 0. The van der Waals surface area contributed by atoms with Crippen LogP contribution in [0.3, 0.4) is 0 Å². The van der Waals surface area contributed by atoms with Crippen molar-refractivity contribution in [3.63, 3.8) is 0 Å². The van der Waals surface area contributed by atoms with Gasteiger partial charge >= 0.3 is 26.2 Å². The second-order valence-electron chi connectivity index (χ2n) is 3.91.